The molecule has 0 unspecified atom stereocenters. The molecule has 1 aromatic carbocycles. The molecule has 0 aliphatic heterocycles. The van der Waals surface area contributed by atoms with Crippen LogP contribution in [0.3, 0.4) is 0 Å². The number of aromatic nitrogens is 2. The molecule has 0 spiro atoms. The molecule has 0 saturated carbocycles. The zero-order valence-electron chi connectivity index (χ0n) is 10.5. The van der Waals surface area contributed by atoms with Crippen molar-refractivity contribution in [1.82, 2.24) is 9.97 Å². The van der Waals surface area contributed by atoms with Crippen LogP contribution < -0.4 is 15.8 Å². The van der Waals surface area contributed by atoms with E-state index < -0.39 is 0 Å². The summed E-state index contributed by atoms with van der Waals surface area (Å²) < 4.78 is 5.28. The first-order chi connectivity index (χ1) is 8.69. The molecule has 1 aromatic heterocycles. The fourth-order valence-electron chi connectivity index (χ4n) is 1.68. The van der Waals surface area contributed by atoms with E-state index in [1.54, 1.807) is 13.3 Å². The molecule has 0 atom stereocenters. The van der Waals surface area contributed by atoms with Crippen molar-refractivity contribution in [2.24, 2.45) is 0 Å². The molecule has 5 nitrogen and oxygen atoms in total. The number of nitrogens with zero attached hydrogens (tertiary/aromatic N) is 2. The highest BCUT2D eigenvalue weighted by Gasteiger charge is 2.04. The molecule has 18 heavy (non-hydrogen) atoms. The van der Waals surface area contributed by atoms with Gasteiger partial charge in [0, 0.05) is 24.0 Å². The maximum Gasteiger partial charge on any atom is 0.129 e. The fourth-order valence-corrected chi connectivity index (χ4v) is 1.68. The first kappa shape index (κ1) is 12.2. The van der Waals surface area contributed by atoms with E-state index in [1.807, 2.05) is 31.2 Å². The van der Waals surface area contributed by atoms with Crippen molar-refractivity contribution in [3.63, 3.8) is 0 Å². The lowest BCUT2D eigenvalue weighted by Gasteiger charge is -2.11. The Bertz CT molecular complexity index is 542. The smallest absolute Gasteiger partial charge is 0.129 e. The monoisotopic (exact) mass is 244 g/mol. The zero-order valence-corrected chi connectivity index (χ0v) is 10.5. The van der Waals surface area contributed by atoms with Gasteiger partial charge in [-0.2, -0.15) is 0 Å². The molecule has 2 aromatic rings. The highest BCUT2D eigenvalue weighted by Crippen LogP contribution is 2.21. The summed E-state index contributed by atoms with van der Waals surface area (Å²) >= 11 is 0. The van der Waals surface area contributed by atoms with Crippen LogP contribution in [-0.4, -0.2) is 17.1 Å². The van der Waals surface area contributed by atoms with E-state index in [0.29, 0.717) is 12.2 Å². The van der Waals surface area contributed by atoms with Crippen LogP contribution in [0.5, 0.6) is 5.75 Å². The van der Waals surface area contributed by atoms with Gasteiger partial charge in [0.15, 0.2) is 0 Å². The van der Waals surface area contributed by atoms with Crippen LogP contribution in [0, 0.1) is 6.92 Å². The van der Waals surface area contributed by atoms with Gasteiger partial charge in [-0.3, -0.25) is 0 Å². The maximum absolute atomic E-state index is 5.77. The maximum atomic E-state index is 5.77. The van der Waals surface area contributed by atoms with Crippen LogP contribution in [0.4, 0.5) is 11.5 Å². The highest BCUT2D eigenvalue weighted by molar-refractivity contribution is 5.49. The summed E-state index contributed by atoms with van der Waals surface area (Å²) in [7, 11) is 1.64. The summed E-state index contributed by atoms with van der Waals surface area (Å²) in [6.45, 7) is 2.46. The highest BCUT2D eigenvalue weighted by atomic mass is 16.5. The molecule has 94 valence electrons. The van der Waals surface area contributed by atoms with E-state index in [-0.39, 0.29) is 0 Å². The first-order valence-corrected chi connectivity index (χ1v) is 5.65. The average molecular weight is 244 g/mol. The van der Waals surface area contributed by atoms with Crippen molar-refractivity contribution in [2.75, 3.05) is 18.2 Å². The van der Waals surface area contributed by atoms with Crippen LogP contribution in [0.15, 0.2) is 30.5 Å². The van der Waals surface area contributed by atoms with E-state index in [1.165, 1.54) is 0 Å². The number of nitrogen functional groups attached to an aromatic ring is 1. The third-order valence-electron chi connectivity index (χ3n) is 2.54. The van der Waals surface area contributed by atoms with Crippen molar-refractivity contribution in [1.29, 1.82) is 0 Å². The van der Waals surface area contributed by atoms with Gasteiger partial charge in [0.1, 0.15) is 17.4 Å². The number of hydrogen-bond acceptors (Lipinski definition) is 5. The molecular weight excluding hydrogens is 228 g/mol. The Kier molecular flexibility index (Phi) is 3.62. The van der Waals surface area contributed by atoms with Gasteiger partial charge in [0.2, 0.25) is 0 Å². The standard InChI is InChI=1S/C13H16N4O/c1-9-15-6-5-13(17-9)16-8-10-7-11(14)3-4-12(10)18-2/h3-7H,8,14H2,1-2H3,(H,15,16,17). The first-order valence-electron chi connectivity index (χ1n) is 5.65. The third-order valence-corrected chi connectivity index (χ3v) is 2.54. The summed E-state index contributed by atoms with van der Waals surface area (Å²) in [4.78, 5) is 8.32. The van der Waals surface area contributed by atoms with Crippen LogP contribution in [0.2, 0.25) is 0 Å². The minimum absolute atomic E-state index is 0.602. The topological polar surface area (TPSA) is 73.1 Å². The van der Waals surface area contributed by atoms with E-state index in [9.17, 15) is 0 Å². The normalized spacial score (nSPS) is 10.1. The molecule has 1 heterocycles. The van der Waals surface area contributed by atoms with Gasteiger partial charge in [-0.15, -0.1) is 0 Å². The van der Waals surface area contributed by atoms with Gasteiger partial charge in [-0.1, -0.05) is 0 Å². The number of hydrogen-bond donors (Lipinski definition) is 2. The second-order valence-corrected chi connectivity index (χ2v) is 3.91. The molecule has 0 bridgehead atoms. The molecule has 0 amide bonds. The lowest BCUT2D eigenvalue weighted by atomic mass is 10.2. The van der Waals surface area contributed by atoms with Crippen molar-refractivity contribution in [3.8, 4) is 5.75 Å². The molecule has 0 fully saturated rings. The predicted molar refractivity (Wildman–Crippen MR) is 71.5 cm³/mol. The molecule has 3 N–H and O–H groups in total. The van der Waals surface area contributed by atoms with Gasteiger partial charge in [0.05, 0.1) is 7.11 Å². The van der Waals surface area contributed by atoms with Crippen molar-refractivity contribution >= 4 is 11.5 Å². The molecule has 0 aliphatic carbocycles. The number of nitrogens with two attached hydrogens (primary N) is 1. The Morgan fingerprint density at radius 1 is 1.33 bits per heavy atom. The third kappa shape index (κ3) is 2.88. The van der Waals surface area contributed by atoms with E-state index in [4.69, 9.17) is 10.5 Å². The molecule has 0 aliphatic rings. The van der Waals surface area contributed by atoms with Crippen LogP contribution in [-0.2, 0) is 6.54 Å². The van der Waals surface area contributed by atoms with Gasteiger partial charge in [-0.05, 0) is 31.2 Å². The van der Waals surface area contributed by atoms with Crippen LogP contribution in [0.25, 0.3) is 0 Å². The summed E-state index contributed by atoms with van der Waals surface area (Å²) in [5.41, 5.74) is 7.47. The second-order valence-electron chi connectivity index (χ2n) is 3.91. The number of benzene rings is 1. The Hall–Kier alpha value is -2.30. The number of methoxy groups -OCH3 is 1. The second kappa shape index (κ2) is 5.35. The van der Waals surface area contributed by atoms with E-state index >= 15 is 0 Å². The Morgan fingerprint density at radius 2 is 2.17 bits per heavy atom. The lowest BCUT2D eigenvalue weighted by molar-refractivity contribution is 0.410. The Morgan fingerprint density at radius 3 is 2.89 bits per heavy atom. The minimum atomic E-state index is 0.602. The zero-order chi connectivity index (χ0) is 13.0. The minimum Gasteiger partial charge on any atom is -0.496 e. The number of rotatable bonds is 4. The molecule has 5 heteroatoms. The number of ether oxygens (including phenoxy) is 1. The van der Waals surface area contributed by atoms with Gasteiger partial charge >= 0.3 is 0 Å². The SMILES string of the molecule is COc1ccc(N)cc1CNc1ccnc(C)n1. The lowest BCUT2D eigenvalue weighted by Crippen LogP contribution is -2.04. The Balaban J connectivity index is 2.12. The quantitative estimate of drug-likeness (QED) is 0.805. The number of nitrogens with one attached hydrogen (secondary N) is 1. The average Bonchev–Trinajstić information content (AvgIpc) is 2.37. The van der Waals surface area contributed by atoms with Gasteiger partial charge < -0.3 is 15.8 Å². The number of anilines is 2. The molecule has 0 radical (unpaired) electrons. The summed E-state index contributed by atoms with van der Waals surface area (Å²) in [5, 5.41) is 3.22. The summed E-state index contributed by atoms with van der Waals surface area (Å²) in [6, 6.07) is 7.39. The van der Waals surface area contributed by atoms with E-state index in [2.05, 4.69) is 15.3 Å². The van der Waals surface area contributed by atoms with Crippen LogP contribution >= 0.6 is 0 Å². The molecular formula is C13H16N4O. The molecule has 2 rings (SSSR count). The number of aryl methyl sites for hydroxylation is 1. The van der Waals surface area contributed by atoms with Gasteiger partial charge in [-0.25, -0.2) is 9.97 Å². The van der Waals surface area contributed by atoms with Crippen molar-refractivity contribution in [3.05, 3.63) is 41.9 Å². The van der Waals surface area contributed by atoms with Crippen molar-refractivity contribution in [2.45, 2.75) is 13.5 Å². The predicted octanol–water partition coefficient (Wildman–Crippen LogP) is 1.99. The Labute approximate surface area is 106 Å². The fraction of sp³-hybridized carbons (Fsp3) is 0.231. The van der Waals surface area contributed by atoms with Crippen molar-refractivity contribution < 1.29 is 4.74 Å². The molecule has 0 saturated heterocycles. The van der Waals surface area contributed by atoms with Crippen LogP contribution in [0.1, 0.15) is 11.4 Å². The van der Waals surface area contributed by atoms with E-state index in [0.717, 1.165) is 23.0 Å². The summed E-state index contributed by atoms with van der Waals surface area (Å²) in [6.07, 6.45) is 1.72. The largest absolute Gasteiger partial charge is 0.496 e. The summed E-state index contributed by atoms with van der Waals surface area (Å²) in [5.74, 6) is 2.33. The van der Waals surface area contributed by atoms with Gasteiger partial charge in [0.25, 0.3) is 0 Å².